The summed E-state index contributed by atoms with van der Waals surface area (Å²) in [7, 11) is 2.87. The molecule has 0 heterocycles. The molecule has 0 saturated heterocycles. The van der Waals surface area contributed by atoms with Gasteiger partial charge in [-0.3, -0.25) is 9.59 Å². The van der Waals surface area contributed by atoms with E-state index in [1.807, 2.05) is 0 Å². The van der Waals surface area contributed by atoms with Gasteiger partial charge in [-0.05, 0) is 18.2 Å². The standard InChI is InChI=1S/C13H17FN2O4/c1-8(17)16-9-4-5-10(11(14)6-9)13(18)15-7-12(19-2)20-3/h4-6,12H,7H2,1-3H3,(H,15,18)(H,16,17). The van der Waals surface area contributed by atoms with Gasteiger partial charge in [0.2, 0.25) is 5.91 Å². The zero-order valence-electron chi connectivity index (χ0n) is 11.5. The highest BCUT2D eigenvalue weighted by atomic mass is 19.1. The van der Waals surface area contributed by atoms with Crippen molar-refractivity contribution < 1.29 is 23.5 Å². The number of anilines is 1. The Bertz CT molecular complexity index is 489. The molecule has 0 fully saturated rings. The first-order valence-electron chi connectivity index (χ1n) is 5.88. The van der Waals surface area contributed by atoms with Gasteiger partial charge in [0.05, 0.1) is 12.1 Å². The van der Waals surface area contributed by atoms with E-state index in [9.17, 15) is 14.0 Å². The van der Waals surface area contributed by atoms with Gasteiger partial charge in [0.25, 0.3) is 5.91 Å². The molecule has 0 unspecified atom stereocenters. The van der Waals surface area contributed by atoms with Crippen LogP contribution in [0.1, 0.15) is 17.3 Å². The summed E-state index contributed by atoms with van der Waals surface area (Å²) in [5.41, 5.74) is 0.170. The molecule has 2 amide bonds. The van der Waals surface area contributed by atoms with Crippen molar-refractivity contribution in [3.05, 3.63) is 29.6 Å². The van der Waals surface area contributed by atoms with Gasteiger partial charge in [-0.2, -0.15) is 0 Å². The average Bonchev–Trinajstić information content (AvgIpc) is 2.39. The quantitative estimate of drug-likeness (QED) is 0.768. The summed E-state index contributed by atoms with van der Waals surface area (Å²) in [5.74, 6) is -1.62. The van der Waals surface area contributed by atoms with E-state index in [1.54, 1.807) is 0 Å². The molecule has 20 heavy (non-hydrogen) atoms. The summed E-state index contributed by atoms with van der Waals surface area (Å²) in [6.07, 6.45) is -0.597. The molecule has 0 radical (unpaired) electrons. The number of carbonyl (C=O) groups is 2. The van der Waals surface area contributed by atoms with Gasteiger partial charge in [-0.1, -0.05) is 0 Å². The topological polar surface area (TPSA) is 76.7 Å². The minimum Gasteiger partial charge on any atom is -0.354 e. The highest BCUT2D eigenvalue weighted by Crippen LogP contribution is 2.14. The average molecular weight is 284 g/mol. The van der Waals surface area contributed by atoms with Crippen LogP contribution < -0.4 is 10.6 Å². The molecular weight excluding hydrogens is 267 g/mol. The fraction of sp³-hybridized carbons (Fsp3) is 0.385. The first-order valence-corrected chi connectivity index (χ1v) is 5.88. The van der Waals surface area contributed by atoms with E-state index in [0.29, 0.717) is 5.69 Å². The van der Waals surface area contributed by atoms with Crippen LogP contribution in [-0.2, 0) is 14.3 Å². The van der Waals surface area contributed by atoms with Crippen LogP contribution >= 0.6 is 0 Å². The Balaban J connectivity index is 2.71. The van der Waals surface area contributed by atoms with E-state index in [4.69, 9.17) is 9.47 Å². The number of amides is 2. The molecule has 0 saturated carbocycles. The van der Waals surface area contributed by atoms with Crippen molar-refractivity contribution in [2.24, 2.45) is 0 Å². The lowest BCUT2D eigenvalue weighted by atomic mass is 10.1. The second kappa shape index (κ2) is 7.56. The molecule has 7 heteroatoms. The molecule has 0 aliphatic rings. The van der Waals surface area contributed by atoms with Gasteiger partial charge in [-0.25, -0.2) is 4.39 Å². The van der Waals surface area contributed by atoms with Crippen LogP contribution in [0.4, 0.5) is 10.1 Å². The first kappa shape index (κ1) is 16.1. The van der Waals surface area contributed by atoms with Crippen molar-refractivity contribution in [3.8, 4) is 0 Å². The Labute approximate surface area is 116 Å². The zero-order chi connectivity index (χ0) is 15.1. The number of rotatable bonds is 6. The van der Waals surface area contributed by atoms with E-state index in [-0.39, 0.29) is 18.0 Å². The second-order valence-electron chi connectivity index (χ2n) is 3.99. The second-order valence-corrected chi connectivity index (χ2v) is 3.99. The Morgan fingerprint density at radius 1 is 1.30 bits per heavy atom. The molecule has 0 spiro atoms. The van der Waals surface area contributed by atoms with Crippen LogP contribution in [0.25, 0.3) is 0 Å². The molecular formula is C13H17FN2O4. The Morgan fingerprint density at radius 3 is 2.45 bits per heavy atom. The van der Waals surface area contributed by atoms with Crippen molar-refractivity contribution in [2.75, 3.05) is 26.1 Å². The molecule has 1 rings (SSSR count). The predicted octanol–water partition coefficient (Wildman–Crippen LogP) is 1.13. The maximum absolute atomic E-state index is 13.8. The minimum atomic E-state index is -0.722. The fourth-order valence-corrected chi connectivity index (χ4v) is 1.51. The number of carbonyl (C=O) groups excluding carboxylic acids is 2. The van der Waals surface area contributed by atoms with E-state index >= 15 is 0 Å². The lowest BCUT2D eigenvalue weighted by Gasteiger charge is -2.14. The van der Waals surface area contributed by atoms with Gasteiger partial charge in [-0.15, -0.1) is 0 Å². The molecule has 1 aromatic carbocycles. The number of hydrogen-bond acceptors (Lipinski definition) is 4. The van der Waals surface area contributed by atoms with Crippen molar-refractivity contribution in [1.29, 1.82) is 0 Å². The molecule has 110 valence electrons. The van der Waals surface area contributed by atoms with Gasteiger partial charge in [0, 0.05) is 26.8 Å². The van der Waals surface area contributed by atoms with Crippen molar-refractivity contribution in [3.63, 3.8) is 0 Å². The van der Waals surface area contributed by atoms with E-state index in [2.05, 4.69) is 10.6 Å². The Morgan fingerprint density at radius 2 is 1.95 bits per heavy atom. The lowest BCUT2D eigenvalue weighted by molar-refractivity contribution is -0.114. The normalized spacial score (nSPS) is 10.4. The van der Waals surface area contributed by atoms with Crippen LogP contribution in [0.2, 0.25) is 0 Å². The minimum absolute atomic E-state index is 0.0960. The number of hydrogen-bond donors (Lipinski definition) is 2. The highest BCUT2D eigenvalue weighted by molar-refractivity contribution is 5.95. The monoisotopic (exact) mass is 284 g/mol. The summed E-state index contributed by atoms with van der Waals surface area (Å²) in [5, 5.41) is 4.92. The summed E-state index contributed by atoms with van der Waals surface area (Å²) in [4.78, 5) is 22.6. The van der Waals surface area contributed by atoms with Crippen LogP contribution in [0, 0.1) is 5.82 Å². The predicted molar refractivity (Wildman–Crippen MR) is 70.8 cm³/mol. The molecule has 0 aliphatic heterocycles. The number of ether oxygens (including phenoxy) is 2. The van der Waals surface area contributed by atoms with Gasteiger partial charge >= 0.3 is 0 Å². The van der Waals surface area contributed by atoms with Crippen LogP contribution in [0.15, 0.2) is 18.2 Å². The molecule has 0 bridgehead atoms. The number of benzene rings is 1. The lowest BCUT2D eigenvalue weighted by Crippen LogP contribution is -2.34. The summed E-state index contributed by atoms with van der Waals surface area (Å²) in [6, 6.07) is 3.83. The van der Waals surface area contributed by atoms with Crippen LogP contribution in [0.3, 0.4) is 0 Å². The van der Waals surface area contributed by atoms with Gasteiger partial charge in [0.15, 0.2) is 6.29 Å². The summed E-state index contributed by atoms with van der Waals surface area (Å²) in [6.45, 7) is 1.41. The van der Waals surface area contributed by atoms with E-state index < -0.39 is 18.0 Å². The van der Waals surface area contributed by atoms with Gasteiger partial charge < -0.3 is 20.1 Å². The summed E-state index contributed by atoms with van der Waals surface area (Å²) < 4.78 is 23.6. The third-order valence-electron chi connectivity index (χ3n) is 2.49. The number of nitrogens with one attached hydrogen (secondary N) is 2. The molecule has 0 aromatic heterocycles. The number of methoxy groups -OCH3 is 2. The Hall–Kier alpha value is -1.99. The van der Waals surface area contributed by atoms with Crippen molar-refractivity contribution in [2.45, 2.75) is 13.2 Å². The van der Waals surface area contributed by atoms with E-state index in [1.165, 1.54) is 33.3 Å². The zero-order valence-corrected chi connectivity index (χ0v) is 11.5. The van der Waals surface area contributed by atoms with Crippen LogP contribution in [0.5, 0.6) is 0 Å². The largest absolute Gasteiger partial charge is 0.354 e. The molecule has 6 nitrogen and oxygen atoms in total. The van der Waals surface area contributed by atoms with Crippen molar-refractivity contribution >= 4 is 17.5 Å². The smallest absolute Gasteiger partial charge is 0.254 e. The van der Waals surface area contributed by atoms with Gasteiger partial charge in [0.1, 0.15) is 5.82 Å². The van der Waals surface area contributed by atoms with Crippen LogP contribution in [-0.4, -0.2) is 38.9 Å². The fourth-order valence-electron chi connectivity index (χ4n) is 1.51. The third-order valence-corrected chi connectivity index (χ3v) is 2.49. The molecule has 1 aromatic rings. The SMILES string of the molecule is COC(CNC(=O)c1ccc(NC(C)=O)cc1F)OC. The Kier molecular flexibility index (Phi) is 6.08. The first-order chi connectivity index (χ1) is 9.47. The molecule has 0 atom stereocenters. The van der Waals surface area contributed by atoms with Crippen molar-refractivity contribution in [1.82, 2.24) is 5.32 Å². The summed E-state index contributed by atoms with van der Waals surface area (Å²) >= 11 is 0. The maximum Gasteiger partial charge on any atom is 0.254 e. The maximum atomic E-state index is 13.8. The van der Waals surface area contributed by atoms with E-state index in [0.717, 1.165) is 6.07 Å². The third kappa shape index (κ3) is 4.60. The number of halogens is 1. The molecule has 2 N–H and O–H groups in total. The molecule has 0 aliphatic carbocycles. The highest BCUT2D eigenvalue weighted by Gasteiger charge is 2.14.